The lowest BCUT2D eigenvalue weighted by Gasteiger charge is -2.13. The van der Waals surface area contributed by atoms with Crippen molar-refractivity contribution in [2.75, 3.05) is 0 Å². The van der Waals surface area contributed by atoms with Crippen LogP contribution in [0.1, 0.15) is 0 Å². The molecule has 2 heterocycles. The molecule has 4 heteroatoms. The molecular formula is C51H34N4. The first-order valence-corrected chi connectivity index (χ1v) is 18.5. The third-order valence-corrected chi connectivity index (χ3v) is 10.3. The number of rotatable bonds is 7. The van der Waals surface area contributed by atoms with Gasteiger partial charge in [0.2, 0.25) is 0 Å². The van der Waals surface area contributed by atoms with Crippen LogP contribution >= 0.6 is 0 Å². The summed E-state index contributed by atoms with van der Waals surface area (Å²) in [5.41, 5.74) is 13.3. The molecule has 0 N–H and O–H groups in total. The van der Waals surface area contributed by atoms with Gasteiger partial charge >= 0.3 is 0 Å². The Bertz CT molecular complexity index is 2890. The van der Waals surface area contributed by atoms with Crippen molar-refractivity contribution in [2.45, 2.75) is 0 Å². The van der Waals surface area contributed by atoms with Crippen LogP contribution in [0.2, 0.25) is 0 Å². The van der Waals surface area contributed by atoms with Crippen molar-refractivity contribution in [3.63, 3.8) is 0 Å². The van der Waals surface area contributed by atoms with Crippen LogP contribution in [0.5, 0.6) is 0 Å². The van der Waals surface area contributed by atoms with E-state index in [4.69, 9.17) is 15.0 Å². The summed E-state index contributed by atoms with van der Waals surface area (Å²) >= 11 is 0. The average molecular weight is 703 g/mol. The number of hydrogen-bond donors (Lipinski definition) is 0. The predicted octanol–water partition coefficient (Wildman–Crippen LogP) is 13.0. The van der Waals surface area contributed by atoms with Crippen molar-refractivity contribution in [1.29, 1.82) is 0 Å². The van der Waals surface area contributed by atoms with E-state index in [0.717, 1.165) is 33.5 Å². The van der Waals surface area contributed by atoms with E-state index in [1.54, 1.807) is 0 Å². The van der Waals surface area contributed by atoms with Crippen molar-refractivity contribution < 1.29 is 0 Å². The van der Waals surface area contributed by atoms with E-state index in [1.165, 1.54) is 44.1 Å². The highest BCUT2D eigenvalue weighted by molar-refractivity contribution is 6.10. The lowest BCUT2D eigenvalue weighted by molar-refractivity contribution is 1.07. The largest absolute Gasteiger partial charge is 0.309 e. The van der Waals surface area contributed by atoms with Crippen LogP contribution in [-0.2, 0) is 0 Å². The van der Waals surface area contributed by atoms with E-state index in [2.05, 4.69) is 150 Å². The fourth-order valence-electron chi connectivity index (χ4n) is 7.60. The third kappa shape index (κ3) is 6.06. The molecule has 0 aliphatic rings. The molecule has 10 rings (SSSR count). The molecule has 4 nitrogen and oxygen atoms in total. The summed E-state index contributed by atoms with van der Waals surface area (Å²) in [6.07, 6.45) is 0. The van der Waals surface area contributed by atoms with Crippen LogP contribution in [-0.4, -0.2) is 19.5 Å². The number of hydrogen-bond acceptors (Lipinski definition) is 3. The highest BCUT2D eigenvalue weighted by Gasteiger charge is 2.16. The minimum atomic E-state index is 0.640. The van der Waals surface area contributed by atoms with Crippen LogP contribution in [0.3, 0.4) is 0 Å². The maximum Gasteiger partial charge on any atom is 0.164 e. The quantitative estimate of drug-likeness (QED) is 0.166. The van der Waals surface area contributed by atoms with Crippen molar-refractivity contribution in [3.05, 3.63) is 206 Å². The molecule has 0 atom stereocenters. The fraction of sp³-hybridized carbons (Fsp3) is 0. The topological polar surface area (TPSA) is 43.6 Å². The number of aromatic nitrogens is 4. The molecular weight excluding hydrogens is 669 g/mol. The second-order valence-electron chi connectivity index (χ2n) is 13.7. The smallest absolute Gasteiger partial charge is 0.164 e. The van der Waals surface area contributed by atoms with Crippen LogP contribution in [0.15, 0.2) is 206 Å². The molecule has 0 radical (unpaired) electrons. The average Bonchev–Trinajstić information content (AvgIpc) is 3.61. The van der Waals surface area contributed by atoms with Crippen LogP contribution < -0.4 is 0 Å². The molecule has 10 aromatic rings. The van der Waals surface area contributed by atoms with Gasteiger partial charge in [-0.05, 0) is 63.7 Å². The Kier molecular flexibility index (Phi) is 8.12. The highest BCUT2D eigenvalue weighted by atomic mass is 15.0. The zero-order valence-corrected chi connectivity index (χ0v) is 29.9. The molecule has 0 saturated carbocycles. The number of nitrogens with zero attached hydrogens (tertiary/aromatic N) is 4. The van der Waals surface area contributed by atoms with Crippen molar-refractivity contribution in [3.8, 4) is 73.2 Å². The zero-order chi connectivity index (χ0) is 36.6. The molecule has 0 amide bonds. The van der Waals surface area contributed by atoms with E-state index >= 15 is 0 Å². The molecule has 55 heavy (non-hydrogen) atoms. The second-order valence-corrected chi connectivity index (χ2v) is 13.7. The van der Waals surface area contributed by atoms with Gasteiger partial charge in [0, 0.05) is 33.2 Å². The van der Waals surface area contributed by atoms with Gasteiger partial charge in [-0.3, -0.25) is 0 Å². The van der Waals surface area contributed by atoms with Crippen molar-refractivity contribution in [1.82, 2.24) is 19.5 Å². The summed E-state index contributed by atoms with van der Waals surface area (Å²) < 4.78 is 2.39. The maximum atomic E-state index is 4.97. The van der Waals surface area contributed by atoms with Gasteiger partial charge in [-0.1, -0.05) is 176 Å². The summed E-state index contributed by atoms with van der Waals surface area (Å²) in [6.45, 7) is 0. The van der Waals surface area contributed by atoms with Gasteiger partial charge in [0.1, 0.15) is 0 Å². The van der Waals surface area contributed by atoms with E-state index in [9.17, 15) is 0 Å². The van der Waals surface area contributed by atoms with E-state index in [0.29, 0.717) is 17.5 Å². The SMILES string of the molecule is c1ccc(-c2nc(-c3ccccc3)nc(-c3cccc(-c4ccc(-n5c6ccccc6c6ccc(-c7ccccc7-c7ccccc7)cc65)cc4)c3)n2)cc1. The van der Waals surface area contributed by atoms with E-state index < -0.39 is 0 Å². The first kappa shape index (κ1) is 32.2. The zero-order valence-electron chi connectivity index (χ0n) is 29.9. The summed E-state index contributed by atoms with van der Waals surface area (Å²) in [7, 11) is 0. The summed E-state index contributed by atoms with van der Waals surface area (Å²) in [4.78, 5) is 14.8. The standard InChI is InChI=1S/C51H34N4/c1-4-15-36(16-5-1)43-23-10-11-24-44(43)40-29-32-46-45-25-12-13-26-47(45)55(48(46)34-40)42-30-27-35(28-31-42)39-21-14-22-41(33-39)51-53-49(37-17-6-2-7-18-37)52-50(54-51)38-19-8-3-9-20-38/h1-34H. The molecule has 0 aliphatic carbocycles. The molecule has 0 unspecified atom stereocenters. The lowest BCUT2D eigenvalue weighted by Crippen LogP contribution is -2.00. The van der Waals surface area contributed by atoms with Crippen LogP contribution in [0.4, 0.5) is 0 Å². The summed E-state index contributed by atoms with van der Waals surface area (Å²) in [5, 5.41) is 2.47. The molecule has 0 saturated heterocycles. The molecule has 0 aliphatic heterocycles. The van der Waals surface area contributed by atoms with Gasteiger partial charge in [0.25, 0.3) is 0 Å². The minimum absolute atomic E-state index is 0.640. The summed E-state index contributed by atoms with van der Waals surface area (Å²) in [5.74, 6) is 1.94. The maximum absolute atomic E-state index is 4.97. The van der Waals surface area contributed by atoms with Crippen molar-refractivity contribution >= 4 is 21.8 Å². The number of fused-ring (bicyclic) bond motifs is 3. The monoisotopic (exact) mass is 702 g/mol. The Morgan fingerprint density at radius 3 is 1.40 bits per heavy atom. The Balaban J connectivity index is 1.05. The number of benzene rings is 8. The molecule has 0 bridgehead atoms. The molecule has 0 fully saturated rings. The van der Waals surface area contributed by atoms with E-state index in [1.807, 2.05) is 60.7 Å². The normalized spacial score (nSPS) is 11.3. The van der Waals surface area contributed by atoms with Gasteiger partial charge in [-0.25, -0.2) is 15.0 Å². The third-order valence-electron chi connectivity index (χ3n) is 10.3. The summed E-state index contributed by atoms with van der Waals surface area (Å²) in [6, 6.07) is 72.4. The van der Waals surface area contributed by atoms with E-state index in [-0.39, 0.29) is 0 Å². The van der Waals surface area contributed by atoms with Gasteiger partial charge in [0.05, 0.1) is 11.0 Å². The first-order valence-electron chi connectivity index (χ1n) is 18.5. The lowest BCUT2D eigenvalue weighted by atomic mass is 9.94. The van der Waals surface area contributed by atoms with Gasteiger partial charge < -0.3 is 4.57 Å². The van der Waals surface area contributed by atoms with Crippen LogP contribution in [0, 0.1) is 0 Å². The Hall–Kier alpha value is -7.43. The Labute approximate surface area is 319 Å². The Morgan fingerprint density at radius 2 is 0.745 bits per heavy atom. The molecule has 0 spiro atoms. The minimum Gasteiger partial charge on any atom is -0.309 e. The van der Waals surface area contributed by atoms with Gasteiger partial charge in [-0.2, -0.15) is 0 Å². The Morgan fingerprint density at radius 1 is 0.273 bits per heavy atom. The highest BCUT2D eigenvalue weighted by Crippen LogP contribution is 2.38. The fourth-order valence-corrected chi connectivity index (χ4v) is 7.60. The predicted molar refractivity (Wildman–Crippen MR) is 227 cm³/mol. The number of para-hydroxylation sites is 1. The molecule has 8 aromatic carbocycles. The van der Waals surface area contributed by atoms with Crippen LogP contribution in [0.25, 0.3) is 95.0 Å². The first-order chi connectivity index (χ1) is 27.3. The molecule has 258 valence electrons. The van der Waals surface area contributed by atoms with Gasteiger partial charge in [0.15, 0.2) is 17.5 Å². The second kappa shape index (κ2) is 13.8. The van der Waals surface area contributed by atoms with Gasteiger partial charge in [-0.15, -0.1) is 0 Å². The van der Waals surface area contributed by atoms with Crippen molar-refractivity contribution in [2.24, 2.45) is 0 Å². The molecule has 2 aromatic heterocycles.